The minimum absolute atomic E-state index is 0.0302. The van der Waals surface area contributed by atoms with Gasteiger partial charge in [-0.3, -0.25) is 9.59 Å². The van der Waals surface area contributed by atoms with Crippen molar-refractivity contribution in [3.63, 3.8) is 0 Å². The van der Waals surface area contributed by atoms with E-state index in [1.165, 1.54) is 0 Å². The Balaban J connectivity index is 1.85. The molecular formula is C15H16BrN5O2. The Bertz CT molecular complexity index is 774. The molecule has 0 atom stereocenters. The number of hydrogen-bond acceptors (Lipinski definition) is 5. The van der Waals surface area contributed by atoms with E-state index < -0.39 is 0 Å². The van der Waals surface area contributed by atoms with Gasteiger partial charge in [0.2, 0.25) is 5.91 Å². The van der Waals surface area contributed by atoms with Gasteiger partial charge in [-0.1, -0.05) is 0 Å². The first-order valence-electron chi connectivity index (χ1n) is 7.15. The molecule has 1 aliphatic heterocycles. The predicted octanol–water partition coefficient (Wildman–Crippen LogP) is 1.24. The van der Waals surface area contributed by atoms with Crippen LogP contribution in [0.15, 0.2) is 39.9 Å². The van der Waals surface area contributed by atoms with Gasteiger partial charge in [0.15, 0.2) is 0 Å². The van der Waals surface area contributed by atoms with Gasteiger partial charge in [0.1, 0.15) is 11.5 Å². The van der Waals surface area contributed by atoms with Gasteiger partial charge < -0.3 is 20.1 Å². The van der Waals surface area contributed by atoms with Gasteiger partial charge in [0.25, 0.3) is 5.56 Å². The molecule has 0 unspecified atom stereocenters. The maximum Gasteiger partial charge on any atom is 0.271 e. The van der Waals surface area contributed by atoms with E-state index in [9.17, 15) is 9.59 Å². The Labute approximate surface area is 141 Å². The number of H-pyrrole nitrogens is 1. The second-order valence-corrected chi connectivity index (χ2v) is 6.10. The minimum atomic E-state index is -0.196. The fraction of sp³-hybridized carbons (Fsp3) is 0.267. The molecule has 7 nitrogen and oxygen atoms in total. The first-order chi connectivity index (χ1) is 11.1. The van der Waals surface area contributed by atoms with E-state index >= 15 is 0 Å². The van der Waals surface area contributed by atoms with Crippen LogP contribution in [0.5, 0.6) is 0 Å². The summed E-state index contributed by atoms with van der Waals surface area (Å²) in [6, 6.07) is 5.37. The third kappa shape index (κ3) is 3.27. The average Bonchev–Trinajstić information content (AvgIpc) is 2.57. The van der Waals surface area contributed by atoms with Gasteiger partial charge in [0, 0.05) is 30.8 Å². The number of anilines is 3. The largest absolute Gasteiger partial charge is 0.326 e. The molecule has 0 bridgehead atoms. The van der Waals surface area contributed by atoms with E-state index in [1.807, 2.05) is 6.07 Å². The standard InChI is InChI=1S/C15H16BrN5O2/c1-20(12-6-10(16)7-19-15(12)23)13-3-2-11(8-18-13)21-5-4-17-9-14(21)22/h2-3,6-8,17H,4-5,9H2,1H3,(H,19,23). The van der Waals surface area contributed by atoms with Crippen LogP contribution in [0.1, 0.15) is 0 Å². The van der Waals surface area contributed by atoms with Crippen molar-refractivity contribution in [3.8, 4) is 0 Å². The Morgan fingerprint density at radius 2 is 2.17 bits per heavy atom. The van der Waals surface area contributed by atoms with Crippen LogP contribution in [-0.2, 0) is 4.79 Å². The number of pyridine rings is 2. The molecule has 2 aromatic heterocycles. The third-order valence-corrected chi connectivity index (χ3v) is 4.14. The van der Waals surface area contributed by atoms with Crippen molar-refractivity contribution < 1.29 is 4.79 Å². The molecule has 1 fully saturated rings. The number of carbonyl (C=O) groups excluding carboxylic acids is 1. The lowest BCUT2D eigenvalue weighted by Gasteiger charge is -2.27. The number of carbonyl (C=O) groups is 1. The van der Waals surface area contributed by atoms with Crippen molar-refractivity contribution in [1.82, 2.24) is 15.3 Å². The number of aromatic amines is 1. The fourth-order valence-electron chi connectivity index (χ4n) is 2.43. The summed E-state index contributed by atoms with van der Waals surface area (Å²) in [6.45, 7) is 1.73. The highest BCUT2D eigenvalue weighted by atomic mass is 79.9. The number of rotatable bonds is 3. The van der Waals surface area contributed by atoms with E-state index in [0.717, 1.165) is 16.7 Å². The summed E-state index contributed by atoms with van der Waals surface area (Å²) < 4.78 is 0.780. The van der Waals surface area contributed by atoms with Crippen molar-refractivity contribution in [2.45, 2.75) is 0 Å². The van der Waals surface area contributed by atoms with Gasteiger partial charge in [-0.15, -0.1) is 0 Å². The molecule has 3 heterocycles. The maximum absolute atomic E-state index is 11.9. The van der Waals surface area contributed by atoms with Gasteiger partial charge in [-0.25, -0.2) is 4.98 Å². The predicted molar refractivity (Wildman–Crippen MR) is 92.3 cm³/mol. The third-order valence-electron chi connectivity index (χ3n) is 3.69. The molecule has 3 rings (SSSR count). The lowest BCUT2D eigenvalue weighted by Crippen LogP contribution is -2.48. The molecule has 2 N–H and O–H groups in total. The normalized spacial score (nSPS) is 14.9. The lowest BCUT2D eigenvalue weighted by atomic mass is 10.3. The van der Waals surface area contributed by atoms with Crippen LogP contribution in [0.4, 0.5) is 17.2 Å². The molecule has 1 aliphatic rings. The second kappa shape index (κ2) is 6.51. The van der Waals surface area contributed by atoms with E-state index in [-0.39, 0.29) is 11.5 Å². The smallest absolute Gasteiger partial charge is 0.271 e. The first-order valence-corrected chi connectivity index (χ1v) is 7.94. The molecule has 8 heteroatoms. The lowest BCUT2D eigenvalue weighted by molar-refractivity contribution is -0.118. The highest BCUT2D eigenvalue weighted by Gasteiger charge is 2.19. The van der Waals surface area contributed by atoms with E-state index in [4.69, 9.17) is 0 Å². The molecule has 0 aliphatic carbocycles. The van der Waals surface area contributed by atoms with E-state index in [2.05, 4.69) is 31.2 Å². The molecule has 0 saturated carbocycles. The van der Waals surface area contributed by atoms with Crippen molar-refractivity contribution in [3.05, 3.63) is 45.4 Å². The Kier molecular flexibility index (Phi) is 4.44. The van der Waals surface area contributed by atoms with Gasteiger partial charge >= 0.3 is 0 Å². The summed E-state index contributed by atoms with van der Waals surface area (Å²) in [5.41, 5.74) is 1.05. The van der Waals surface area contributed by atoms with Crippen molar-refractivity contribution in [2.24, 2.45) is 0 Å². The summed E-state index contributed by atoms with van der Waals surface area (Å²) >= 11 is 3.34. The number of hydrogen-bond donors (Lipinski definition) is 2. The molecule has 1 saturated heterocycles. The van der Waals surface area contributed by atoms with Crippen LogP contribution in [-0.4, -0.2) is 42.6 Å². The molecule has 1 amide bonds. The number of amides is 1. The van der Waals surface area contributed by atoms with Gasteiger partial charge in [0.05, 0.1) is 18.4 Å². The summed E-state index contributed by atoms with van der Waals surface area (Å²) in [5, 5.41) is 3.03. The van der Waals surface area contributed by atoms with Crippen LogP contribution in [0.2, 0.25) is 0 Å². The van der Waals surface area contributed by atoms with Gasteiger partial charge in [-0.05, 0) is 34.1 Å². The van der Waals surface area contributed by atoms with Crippen LogP contribution in [0, 0.1) is 0 Å². The topological polar surface area (TPSA) is 81.3 Å². The molecule has 0 radical (unpaired) electrons. The molecular weight excluding hydrogens is 362 g/mol. The van der Waals surface area contributed by atoms with Crippen LogP contribution >= 0.6 is 15.9 Å². The highest BCUT2D eigenvalue weighted by Crippen LogP contribution is 2.23. The number of aromatic nitrogens is 2. The zero-order valence-corrected chi connectivity index (χ0v) is 14.1. The van der Waals surface area contributed by atoms with Gasteiger partial charge in [-0.2, -0.15) is 0 Å². The summed E-state index contributed by atoms with van der Waals surface area (Å²) in [4.78, 5) is 34.3. The number of nitrogens with zero attached hydrogens (tertiary/aromatic N) is 3. The summed E-state index contributed by atoms with van der Waals surface area (Å²) in [6.07, 6.45) is 3.24. The monoisotopic (exact) mass is 377 g/mol. The minimum Gasteiger partial charge on any atom is -0.326 e. The van der Waals surface area contributed by atoms with E-state index in [1.54, 1.807) is 41.4 Å². The fourth-order valence-corrected chi connectivity index (χ4v) is 2.77. The van der Waals surface area contributed by atoms with Crippen molar-refractivity contribution in [2.75, 3.05) is 36.5 Å². The quantitative estimate of drug-likeness (QED) is 0.840. The Morgan fingerprint density at radius 1 is 1.35 bits per heavy atom. The first kappa shape index (κ1) is 15.7. The number of nitrogens with one attached hydrogen (secondary N) is 2. The van der Waals surface area contributed by atoms with Crippen LogP contribution in [0.25, 0.3) is 0 Å². The zero-order valence-electron chi connectivity index (χ0n) is 12.5. The van der Waals surface area contributed by atoms with E-state index in [0.29, 0.717) is 24.6 Å². The average molecular weight is 378 g/mol. The number of halogens is 1. The molecule has 2 aromatic rings. The summed E-state index contributed by atoms with van der Waals surface area (Å²) in [7, 11) is 1.77. The number of piperazine rings is 1. The molecule has 0 aromatic carbocycles. The van der Waals surface area contributed by atoms with Crippen LogP contribution in [0.3, 0.4) is 0 Å². The Hall–Kier alpha value is -2.19. The summed E-state index contributed by atoms with van der Waals surface area (Å²) in [5.74, 6) is 0.655. The molecule has 0 spiro atoms. The molecule has 23 heavy (non-hydrogen) atoms. The van der Waals surface area contributed by atoms with Crippen LogP contribution < -0.4 is 20.7 Å². The van der Waals surface area contributed by atoms with Crippen molar-refractivity contribution in [1.29, 1.82) is 0 Å². The highest BCUT2D eigenvalue weighted by molar-refractivity contribution is 9.10. The molecule has 120 valence electrons. The Morgan fingerprint density at radius 3 is 2.87 bits per heavy atom. The second-order valence-electron chi connectivity index (χ2n) is 5.19. The zero-order chi connectivity index (χ0) is 16.4. The SMILES string of the molecule is CN(c1ccc(N2CCNCC2=O)cn1)c1cc(Br)c[nH]c1=O. The van der Waals surface area contributed by atoms with Crippen molar-refractivity contribution >= 4 is 39.0 Å². The maximum atomic E-state index is 11.9.